The summed E-state index contributed by atoms with van der Waals surface area (Å²) in [6.45, 7) is 5.54. The second-order valence-electron chi connectivity index (χ2n) is 5.31. The number of hydrogen-bond acceptors (Lipinski definition) is 4. The molecule has 4 heteroatoms. The lowest BCUT2D eigenvalue weighted by Crippen LogP contribution is -2.41. The number of pyridine rings is 1. The summed E-state index contributed by atoms with van der Waals surface area (Å²) < 4.78 is 5.62. The van der Waals surface area contributed by atoms with Gasteiger partial charge in [0.15, 0.2) is 0 Å². The van der Waals surface area contributed by atoms with Crippen LogP contribution in [0, 0.1) is 0 Å². The SMILES string of the molecule is CNCc1cnc(N2CCOC(C)C2)c2ccccc12. The molecule has 1 fully saturated rings. The van der Waals surface area contributed by atoms with Crippen molar-refractivity contribution in [3.8, 4) is 0 Å². The topological polar surface area (TPSA) is 37.4 Å². The number of aromatic nitrogens is 1. The van der Waals surface area contributed by atoms with Crippen LogP contribution in [0.3, 0.4) is 0 Å². The summed E-state index contributed by atoms with van der Waals surface area (Å²) in [5.74, 6) is 1.08. The Morgan fingerprint density at radius 1 is 1.35 bits per heavy atom. The minimum Gasteiger partial charge on any atom is -0.375 e. The molecule has 3 rings (SSSR count). The van der Waals surface area contributed by atoms with Crippen molar-refractivity contribution in [1.82, 2.24) is 10.3 Å². The normalized spacial score (nSPS) is 19.5. The molecule has 0 saturated carbocycles. The second-order valence-corrected chi connectivity index (χ2v) is 5.31. The molecule has 4 nitrogen and oxygen atoms in total. The molecule has 0 aliphatic carbocycles. The van der Waals surface area contributed by atoms with E-state index >= 15 is 0 Å². The van der Waals surface area contributed by atoms with E-state index in [0.717, 1.165) is 32.1 Å². The van der Waals surface area contributed by atoms with Gasteiger partial charge in [-0.15, -0.1) is 0 Å². The van der Waals surface area contributed by atoms with Gasteiger partial charge < -0.3 is 15.0 Å². The van der Waals surface area contributed by atoms with Crippen LogP contribution in [0.2, 0.25) is 0 Å². The fourth-order valence-corrected chi connectivity index (χ4v) is 2.83. The van der Waals surface area contributed by atoms with Crippen molar-refractivity contribution in [2.24, 2.45) is 0 Å². The first-order chi connectivity index (χ1) is 9.79. The Labute approximate surface area is 119 Å². The number of anilines is 1. The standard InChI is InChI=1S/C16H21N3O/c1-12-11-19(7-8-20-12)16-15-6-4-3-5-14(15)13(9-17-2)10-18-16/h3-6,10,12,17H,7-9,11H2,1-2H3. The zero-order chi connectivity index (χ0) is 13.9. The summed E-state index contributed by atoms with van der Waals surface area (Å²) in [6, 6.07) is 8.52. The summed E-state index contributed by atoms with van der Waals surface area (Å²) in [7, 11) is 1.96. The summed E-state index contributed by atoms with van der Waals surface area (Å²) in [5.41, 5.74) is 1.24. The zero-order valence-corrected chi connectivity index (χ0v) is 12.1. The largest absolute Gasteiger partial charge is 0.375 e. The number of hydrogen-bond donors (Lipinski definition) is 1. The predicted octanol–water partition coefficient (Wildman–Crippen LogP) is 2.18. The maximum Gasteiger partial charge on any atom is 0.136 e. The first-order valence-corrected chi connectivity index (χ1v) is 7.17. The summed E-state index contributed by atoms with van der Waals surface area (Å²) in [4.78, 5) is 7.05. The van der Waals surface area contributed by atoms with E-state index in [9.17, 15) is 0 Å². The highest BCUT2D eigenvalue weighted by Gasteiger charge is 2.20. The van der Waals surface area contributed by atoms with Crippen molar-refractivity contribution in [1.29, 1.82) is 0 Å². The van der Waals surface area contributed by atoms with E-state index in [0.29, 0.717) is 0 Å². The van der Waals surface area contributed by atoms with Crippen LogP contribution < -0.4 is 10.2 Å². The molecular formula is C16H21N3O. The van der Waals surface area contributed by atoms with Crippen LogP contribution in [0.4, 0.5) is 5.82 Å². The van der Waals surface area contributed by atoms with Gasteiger partial charge in [0.25, 0.3) is 0 Å². The fraction of sp³-hybridized carbons (Fsp3) is 0.438. The Kier molecular flexibility index (Phi) is 3.85. The Morgan fingerprint density at radius 2 is 2.15 bits per heavy atom. The molecule has 0 amide bonds. The minimum absolute atomic E-state index is 0.265. The highest BCUT2D eigenvalue weighted by molar-refractivity contribution is 5.94. The van der Waals surface area contributed by atoms with Crippen LogP contribution in [0.5, 0.6) is 0 Å². The summed E-state index contributed by atoms with van der Waals surface area (Å²) in [5, 5.41) is 5.72. The number of morpholine rings is 1. The highest BCUT2D eigenvalue weighted by Crippen LogP contribution is 2.28. The molecular weight excluding hydrogens is 250 g/mol. The number of fused-ring (bicyclic) bond motifs is 1. The Hall–Kier alpha value is -1.65. The van der Waals surface area contributed by atoms with Gasteiger partial charge in [0.05, 0.1) is 12.7 Å². The van der Waals surface area contributed by atoms with E-state index in [-0.39, 0.29) is 6.10 Å². The Bertz CT molecular complexity index is 599. The van der Waals surface area contributed by atoms with E-state index in [1.807, 2.05) is 13.2 Å². The molecule has 1 saturated heterocycles. The van der Waals surface area contributed by atoms with Gasteiger partial charge in [-0.25, -0.2) is 4.98 Å². The lowest BCUT2D eigenvalue weighted by atomic mass is 10.1. The van der Waals surface area contributed by atoms with Crippen LogP contribution in [-0.2, 0) is 11.3 Å². The Morgan fingerprint density at radius 3 is 2.90 bits per heavy atom. The third-order valence-electron chi connectivity index (χ3n) is 3.76. The first kappa shape index (κ1) is 13.3. The van der Waals surface area contributed by atoms with Gasteiger partial charge in [-0.3, -0.25) is 0 Å². The molecule has 1 aromatic carbocycles. The Balaban J connectivity index is 2.05. The number of ether oxygens (including phenoxy) is 1. The maximum atomic E-state index is 5.62. The quantitative estimate of drug-likeness (QED) is 0.928. The molecule has 0 radical (unpaired) electrons. The van der Waals surface area contributed by atoms with Crippen molar-refractivity contribution in [2.75, 3.05) is 31.6 Å². The molecule has 106 valence electrons. The van der Waals surface area contributed by atoms with E-state index in [1.165, 1.54) is 16.3 Å². The number of rotatable bonds is 3. The molecule has 0 bridgehead atoms. The molecule has 0 spiro atoms. The smallest absolute Gasteiger partial charge is 0.136 e. The number of benzene rings is 1. The van der Waals surface area contributed by atoms with Gasteiger partial charge in [-0.1, -0.05) is 24.3 Å². The van der Waals surface area contributed by atoms with Crippen LogP contribution in [0.1, 0.15) is 12.5 Å². The molecule has 1 atom stereocenters. The van der Waals surface area contributed by atoms with Gasteiger partial charge in [0.1, 0.15) is 5.82 Å². The highest BCUT2D eigenvalue weighted by atomic mass is 16.5. The van der Waals surface area contributed by atoms with Gasteiger partial charge in [-0.05, 0) is 24.9 Å². The minimum atomic E-state index is 0.265. The van der Waals surface area contributed by atoms with E-state index in [2.05, 4.69) is 41.4 Å². The van der Waals surface area contributed by atoms with Crippen LogP contribution in [0.25, 0.3) is 10.8 Å². The van der Waals surface area contributed by atoms with Gasteiger partial charge in [-0.2, -0.15) is 0 Å². The zero-order valence-electron chi connectivity index (χ0n) is 12.1. The van der Waals surface area contributed by atoms with Crippen molar-refractivity contribution >= 4 is 16.6 Å². The lowest BCUT2D eigenvalue weighted by Gasteiger charge is -2.32. The first-order valence-electron chi connectivity index (χ1n) is 7.17. The number of nitrogens with zero attached hydrogens (tertiary/aromatic N) is 2. The predicted molar refractivity (Wildman–Crippen MR) is 82.1 cm³/mol. The maximum absolute atomic E-state index is 5.62. The van der Waals surface area contributed by atoms with Crippen molar-refractivity contribution < 1.29 is 4.74 Å². The van der Waals surface area contributed by atoms with Gasteiger partial charge in [0.2, 0.25) is 0 Å². The summed E-state index contributed by atoms with van der Waals surface area (Å²) >= 11 is 0. The molecule has 20 heavy (non-hydrogen) atoms. The molecule has 1 aliphatic rings. The van der Waals surface area contributed by atoms with Crippen molar-refractivity contribution in [3.05, 3.63) is 36.0 Å². The molecule has 2 heterocycles. The summed E-state index contributed by atoms with van der Waals surface area (Å²) in [6.07, 6.45) is 2.26. The van der Waals surface area contributed by atoms with Crippen LogP contribution in [0.15, 0.2) is 30.5 Å². The fourth-order valence-electron chi connectivity index (χ4n) is 2.83. The van der Waals surface area contributed by atoms with Gasteiger partial charge in [0, 0.05) is 31.2 Å². The molecule has 1 aliphatic heterocycles. The third-order valence-corrected chi connectivity index (χ3v) is 3.76. The molecule has 1 unspecified atom stereocenters. The molecule has 1 aromatic heterocycles. The van der Waals surface area contributed by atoms with Crippen LogP contribution in [-0.4, -0.2) is 37.8 Å². The number of nitrogens with one attached hydrogen (secondary N) is 1. The van der Waals surface area contributed by atoms with Crippen LogP contribution >= 0.6 is 0 Å². The average molecular weight is 271 g/mol. The van der Waals surface area contributed by atoms with Gasteiger partial charge >= 0.3 is 0 Å². The third kappa shape index (κ3) is 2.49. The monoisotopic (exact) mass is 271 g/mol. The van der Waals surface area contributed by atoms with Crippen molar-refractivity contribution in [2.45, 2.75) is 19.6 Å². The van der Waals surface area contributed by atoms with E-state index < -0.39 is 0 Å². The average Bonchev–Trinajstić information content (AvgIpc) is 2.48. The second kappa shape index (κ2) is 5.77. The van der Waals surface area contributed by atoms with E-state index in [4.69, 9.17) is 9.72 Å². The van der Waals surface area contributed by atoms with E-state index in [1.54, 1.807) is 0 Å². The van der Waals surface area contributed by atoms with Crippen molar-refractivity contribution in [3.63, 3.8) is 0 Å². The lowest BCUT2D eigenvalue weighted by molar-refractivity contribution is 0.0530. The molecule has 2 aromatic rings. The molecule has 1 N–H and O–H groups in total.